The van der Waals surface area contributed by atoms with E-state index in [2.05, 4.69) is 0 Å². The molecular weight excluding hydrogens is 242 g/mol. The van der Waals surface area contributed by atoms with Gasteiger partial charge < -0.3 is 9.15 Å². The van der Waals surface area contributed by atoms with E-state index in [0.717, 1.165) is 24.0 Å². The molecule has 1 aliphatic heterocycles. The van der Waals surface area contributed by atoms with Crippen molar-refractivity contribution < 1.29 is 13.9 Å². The molecule has 1 aromatic heterocycles. The molecule has 0 N–H and O–H groups in total. The number of para-hydroxylation sites is 1. The molecule has 0 saturated carbocycles. The van der Waals surface area contributed by atoms with E-state index in [1.807, 2.05) is 42.3 Å². The summed E-state index contributed by atoms with van der Waals surface area (Å²) in [5.41, 5.74) is 0.762. The van der Waals surface area contributed by atoms with Crippen LogP contribution in [0.5, 0.6) is 0 Å². The smallest absolute Gasteiger partial charge is 0.211 e. The van der Waals surface area contributed by atoms with E-state index in [9.17, 15) is 4.79 Å². The molecule has 0 aliphatic carbocycles. The molecule has 1 fully saturated rings. The first kappa shape index (κ1) is 12.4. The molecule has 2 heterocycles. The normalized spacial score (nSPS) is 19.4. The number of fused-ring (bicyclic) bond motifs is 1. The maximum Gasteiger partial charge on any atom is 0.211 e. The molecule has 1 saturated heterocycles. The van der Waals surface area contributed by atoms with Gasteiger partial charge in [0, 0.05) is 18.0 Å². The Kier molecular flexibility index (Phi) is 3.36. The molecule has 100 valence electrons. The summed E-state index contributed by atoms with van der Waals surface area (Å²) in [7, 11) is 1.96. The standard InChI is InChI=1S/C15H17NO3/c1-16(12-6-7-18-10-12)9-13(17)15-8-11-4-2-3-5-14(11)19-15/h2-5,8,12H,6-7,9-10H2,1H3. The second-order valence-corrected chi connectivity index (χ2v) is 5.00. The Bertz CT molecular complexity index is 551. The second-order valence-electron chi connectivity index (χ2n) is 5.00. The van der Waals surface area contributed by atoms with Crippen LogP contribution in [-0.4, -0.2) is 43.5 Å². The van der Waals surface area contributed by atoms with Crippen molar-refractivity contribution in [2.24, 2.45) is 0 Å². The van der Waals surface area contributed by atoms with Gasteiger partial charge in [0.2, 0.25) is 5.78 Å². The Balaban J connectivity index is 1.72. The van der Waals surface area contributed by atoms with Crippen molar-refractivity contribution in [1.29, 1.82) is 0 Å². The number of carbonyl (C=O) groups excluding carboxylic acids is 1. The van der Waals surface area contributed by atoms with Gasteiger partial charge in [0.15, 0.2) is 5.76 Å². The highest BCUT2D eigenvalue weighted by atomic mass is 16.5. The number of likely N-dealkylation sites (N-methyl/N-ethyl adjacent to an activating group) is 1. The molecule has 1 atom stereocenters. The van der Waals surface area contributed by atoms with E-state index in [1.54, 1.807) is 0 Å². The van der Waals surface area contributed by atoms with Crippen molar-refractivity contribution in [1.82, 2.24) is 4.90 Å². The molecule has 4 heteroatoms. The number of carbonyl (C=O) groups is 1. The highest BCUT2D eigenvalue weighted by molar-refractivity contribution is 5.98. The van der Waals surface area contributed by atoms with E-state index in [-0.39, 0.29) is 5.78 Å². The Labute approximate surface area is 111 Å². The topological polar surface area (TPSA) is 42.7 Å². The Morgan fingerprint density at radius 2 is 2.26 bits per heavy atom. The SMILES string of the molecule is CN(CC(=O)c1cc2ccccc2o1)C1CCOC1. The summed E-state index contributed by atoms with van der Waals surface area (Å²) in [4.78, 5) is 14.2. The van der Waals surface area contributed by atoms with Crippen LogP contribution in [0.1, 0.15) is 17.0 Å². The third-order valence-corrected chi connectivity index (χ3v) is 3.62. The Morgan fingerprint density at radius 3 is 3.00 bits per heavy atom. The van der Waals surface area contributed by atoms with Crippen molar-refractivity contribution in [3.8, 4) is 0 Å². The number of hydrogen-bond donors (Lipinski definition) is 0. The van der Waals surface area contributed by atoms with Crippen LogP contribution in [0.3, 0.4) is 0 Å². The molecule has 19 heavy (non-hydrogen) atoms. The number of ketones is 1. The third-order valence-electron chi connectivity index (χ3n) is 3.62. The first-order chi connectivity index (χ1) is 9.24. The Morgan fingerprint density at radius 1 is 1.42 bits per heavy atom. The van der Waals surface area contributed by atoms with Gasteiger partial charge in [0.1, 0.15) is 5.58 Å². The number of benzene rings is 1. The predicted octanol–water partition coefficient (Wildman–Crippen LogP) is 2.34. The van der Waals surface area contributed by atoms with Gasteiger partial charge in [-0.3, -0.25) is 9.69 Å². The molecule has 2 aromatic rings. The largest absolute Gasteiger partial charge is 0.453 e. The van der Waals surface area contributed by atoms with Gasteiger partial charge in [-0.05, 0) is 25.6 Å². The summed E-state index contributed by atoms with van der Waals surface area (Å²) < 4.78 is 10.9. The zero-order valence-electron chi connectivity index (χ0n) is 11.0. The minimum absolute atomic E-state index is 0.0191. The van der Waals surface area contributed by atoms with Gasteiger partial charge in [-0.1, -0.05) is 18.2 Å². The predicted molar refractivity (Wildman–Crippen MR) is 72.4 cm³/mol. The fourth-order valence-corrected chi connectivity index (χ4v) is 2.42. The Hall–Kier alpha value is -1.65. The van der Waals surface area contributed by atoms with Gasteiger partial charge in [-0.25, -0.2) is 0 Å². The van der Waals surface area contributed by atoms with Gasteiger partial charge in [0.25, 0.3) is 0 Å². The minimum Gasteiger partial charge on any atom is -0.453 e. The maximum absolute atomic E-state index is 12.2. The van der Waals surface area contributed by atoms with E-state index in [0.29, 0.717) is 25.0 Å². The van der Waals surface area contributed by atoms with Gasteiger partial charge >= 0.3 is 0 Å². The lowest BCUT2D eigenvalue weighted by Gasteiger charge is -2.21. The quantitative estimate of drug-likeness (QED) is 0.790. The van der Waals surface area contributed by atoms with Crippen molar-refractivity contribution in [2.75, 3.05) is 26.8 Å². The number of Topliss-reactive ketones (excluding diaryl/α,β-unsaturated/α-hetero) is 1. The van der Waals surface area contributed by atoms with E-state index in [4.69, 9.17) is 9.15 Å². The molecule has 1 aromatic carbocycles. The summed E-state index contributed by atoms with van der Waals surface area (Å²) in [6.45, 7) is 1.87. The fraction of sp³-hybridized carbons (Fsp3) is 0.400. The maximum atomic E-state index is 12.2. The van der Waals surface area contributed by atoms with Crippen LogP contribution in [0.25, 0.3) is 11.0 Å². The first-order valence-corrected chi connectivity index (χ1v) is 6.54. The number of ether oxygens (including phenoxy) is 1. The molecule has 0 amide bonds. The zero-order chi connectivity index (χ0) is 13.2. The molecule has 3 rings (SSSR count). The zero-order valence-corrected chi connectivity index (χ0v) is 11.0. The van der Waals surface area contributed by atoms with Crippen molar-refractivity contribution >= 4 is 16.8 Å². The molecule has 0 spiro atoms. The van der Waals surface area contributed by atoms with Gasteiger partial charge in [-0.15, -0.1) is 0 Å². The highest BCUT2D eigenvalue weighted by Crippen LogP contribution is 2.20. The van der Waals surface area contributed by atoms with Crippen molar-refractivity contribution in [3.63, 3.8) is 0 Å². The minimum atomic E-state index is 0.0191. The van der Waals surface area contributed by atoms with Gasteiger partial charge in [0.05, 0.1) is 13.2 Å². The summed E-state index contributed by atoms with van der Waals surface area (Å²) in [6.07, 6.45) is 0.990. The van der Waals surface area contributed by atoms with Crippen LogP contribution < -0.4 is 0 Å². The highest BCUT2D eigenvalue weighted by Gasteiger charge is 2.23. The van der Waals surface area contributed by atoms with Crippen LogP contribution in [0.15, 0.2) is 34.7 Å². The van der Waals surface area contributed by atoms with E-state index < -0.39 is 0 Å². The lowest BCUT2D eigenvalue weighted by atomic mass is 10.2. The fourth-order valence-electron chi connectivity index (χ4n) is 2.42. The number of rotatable bonds is 4. The summed E-state index contributed by atoms with van der Waals surface area (Å²) in [5.74, 6) is 0.456. The van der Waals surface area contributed by atoms with Crippen molar-refractivity contribution in [3.05, 3.63) is 36.1 Å². The third kappa shape index (κ3) is 2.55. The van der Waals surface area contributed by atoms with E-state index in [1.165, 1.54) is 0 Å². The van der Waals surface area contributed by atoms with Crippen LogP contribution in [0.4, 0.5) is 0 Å². The van der Waals surface area contributed by atoms with E-state index >= 15 is 0 Å². The summed E-state index contributed by atoms with van der Waals surface area (Å²) >= 11 is 0. The average Bonchev–Trinajstić information content (AvgIpc) is 3.07. The molecule has 1 aliphatic rings. The number of furan rings is 1. The molecule has 0 bridgehead atoms. The van der Waals surface area contributed by atoms with Crippen LogP contribution in [-0.2, 0) is 4.74 Å². The van der Waals surface area contributed by atoms with Crippen LogP contribution in [0, 0.1) is 0 Å². The van der Waals surface area contributed by atoms with Gasteiger partial charge in [-0.2, -0.15) is 0 Å². The molecular formula is C15H17NO3. The van der Waals surface area contributed by atoms with Crippen LogP contribution in [0.2, 0.25) is 0 Å². The monoisotopic (exact) mass is 259 g/mol. The van der Waals surface area contributed by atoms with Crippen LogP contribution >= 0.6 is 0 Å². The summed E-state index contributed by atoms with van der Waals surface area (Å²) in [5, 5.41) is 0.970. The number of nitrogens with zero attached hydrogens (tertiary/aromatic N) is 1. The number of hydrogen-bond acceptors (Lipinski definition) is 4. The van der Waals surface area contributed by atoms with Crippen molar-refractivity contribution in [2.45, 2.75) is 12.5 Å². The second kappa shape index (κ2) is 5.15. The molecule has 4 nitrogen and oxygen atoms in total. The molecule has 1 unspecified atom stereocenters. The average molecular weight is 259 g/mol. The summed E-state index contributed by atoms with van der Waals surface area (Å²) in [6, 6.07) is 9.82. The lowest BCUT2D eigenvalue weighted by molar-refractivity contribution is 0.0882. The lowest BCUT2D eigenvalue weighted by Crippen LogP contribution is -2.36. The molecule has 0 radical (unpaired) electrons. The first-order valence-electron chi connectivity index (χ1n) is 6.54.